The number of allylic oxidation sites excluding steroid dienone is 2. The Morgan fingerprint density at radius 1 is 1.00 bits per heavy atom. The fourth-order valence-corrected chi connectivity index (χ4v) is 2.61. The van der Waals surface area contributed by atoms with E-state index in [1.165, 1.54) is 5.56 Å². The highest BCUT2D eigenvalue weighted by molar-refractivity contribution is 6.04. The summed E-state index contributed by atoms with van der Waals surface area (Å²) in [5.41, 5.74) is 2.80. The number of nitrogens with one attached hydrogen (secondary N) is 1. The SMILES string of the molecule is O=C(Nc1ccccc1C1C=CCC1)c1ccccc1. The van der Waals surface area contributed by atoms with Crippen LogP contribution in [0.25, 0.3) is 0 Å². The second kappa shape index (κ2) is 5.74. The molecule has 0 saturated heterocycles. The number of benzene rings is 2. The second-order valence-corrected chi connectivity index (χ2v) is 5.02. The van der Waals surface area contributed by atoms with Crippen LogP contribution < -0.4 is 5.32 Å². The maximum atomic E-state index is 12.3. The Morgan fingerprint density at radius 2 is 1.75 bits per heavy atom. The Hall–Kier alpha value is -2.35. The van der Waals surface area contributed by atoms with Crippen LogP contribution in [0.5, 0.6) is 0 Å². The lowest BCUT2D eigenvalue weighted by Gasteiger charge is -2.15. The van der Waals surface area contributed by atoms with Gasteiger partial charge in [0.2, 0.25) is 0 Å². The van der Waals surface area contributed by atoms with Gasteiger partial charge in [0, 0.05) is 17.2 Å². The lowest BCUT2D eigenvalue weighted by Crippen LogP contribution is -2.13. The topological polar surface area (TPSA) is 29.1 Å². The summed E-state index contributed by atoms with van der Waals surface area (Å²) >= 11 is 0. The van der Waals surface area contributed by atoms with E-state index < -0.39 is 0 Å². The Labute approximate surface area is 119 Å². The lowest BCUT2D eigenvalue weighted by atomic mass is 9.97. The molecule has 1 atom stereocenters. The first-order valence-corrected chi connectivity index (χ1v) is 6.96. The normalized spacial score (nSPS) is 17.1. The molecule has 1 aliphatic carbocycles. The molecule has 100 valence electrons. The molecule has 2 aromatic carbocycles. The minimum atomic E-state index is -0.0555. The van der Waals surface area contributed by atoms with Gasteiger partial charge in [-0.25, -0.2) is 0 Å². The van der Waals surface area contributed by atoms with Crippen LogP contribution in [0, 0.1) is 0 Å². The Morgan fingerprint density at radius 3 is 2.50 bits per heavy atom. The van der Waals surface area contributed by atoms with Crippen LogP contribution in [0.3, 0.4) is 0 Å². The number of rotatable bonds is 3. The summed E-state index contributed by atoms with van der Waals surface area (Å²) in [5.74, 6) is 0.363. The maximum absolute atomic E-state index is 12.3. The van der Waals surface area contributed by atoms with Gasteiger partial charge in [-0.05, 0) is 36.6 Å². The molecule has 0 fully saturated rings. The molecule has 0 spiro atoms. The predicted molar refractivity (Wildman–Crippen MR) is 82.0 cm³/mol. The number of carbonyl (C=O) groups is 1. The van der Waals surface area contributed by atoms with E-state index in [0.29, 0.717) is 11.5 Å². The monoisotopic (exact) mass is 263 g/mol. The predicted octanol–water partition coefficient (Wildman–Crippen LogP) is 4.37. The zero-order chi connectivity index (χ0) is 13.8. The van der Waals surface area contributed by atoms with Crippen molar-refractivity contribution in [3.05, 3.63) is 77.9 Å². The third-order valence-corrected chi connectivity index (χ3v) is 3.66. The summed E-state index contributed by atoms with van der Waals surface area (Å²) in [6, 6.07) is 17.4. The fraction of sp³-hybridized carbons (Fsp3) is 0.167. The van der Waals surface area contributed by atoms with Gasteiger partial charge >= 0.3 is 0 Å². The first-order valence-electron chi connectivity index (χ1n) is 6.96. The van der Waals surface area contributed by atoms with Crippen LogP contribution in [0.15, 0.2) is 66.7 Å². The van der Waals surface area contributed by atoms with Crippen molar-refractivity contribution < 1.29 is 4.79 Å². The van der Waals surface area contributed by atoms with Crippen molar-refractivity contribution >= 4 is 11.6 Å². The summed E-state index contributed by atoms with van der Waals surface area (Å²) in [7, 11) is 0. The van der Waals surface area contributed by atoms with E-state index >= 15 is 0 Å². The van der Waals surface area contributed by atoms with Crippen molar-refractivity contribution in [2.24, 2.45) is 0 Å². The molecule has 3 rings (SSSR count). The van der Waals surface area contributed by atoms with Crippen LogP contribution in [-0.2, 0) is 0 Å². The maximum Gasteiger partial charge on any atom is 0.255 e. The van der Waals surface area contributed by atoms with E-state index in [1.807, 2.05) is 48.5 Å². The molecular weight excluding hydrogens is 246 g/mol. The first-order chi connectivity index (χ1) is 9.84. The third kappa shape index (κ3) is 2.64. The number of hydrogen-bond donors (Lipinski definition) is 1. The minimum Gasteiger partial charge on any atom is -0.322 e. The van der Waals surface area contributed by atoms with E-state index in [9.17, 15) is 4.79 Å². The van der Waals surface area contributed by atoms with Crippen molar-refractivity contribution in [3.8, 4) is 0 Å². The largest absolute Gasteiger partial charge is 0.322 e. The van der Waals surface area contributed by atoms with Gasteiger partial charge in [0.25, 0.3) is 5.91 Å². The van der Waals surface area contributed by atoms with Gasteiger partial charge < -0.3 is 5.32 Å². The average molecular weight is 263 g/mol. The zero-order valence-corrected chi connectivity index (χ0v) is 11.3. The van der Waals surface area contributed by atoms with Crippen LogP contribution >= 0.6 is 0 Å². The van der Waals surface area contributed by atoms with Gasteiger partial charge in [-0.1, -0.05) is 48.6 Å². The Kier molecular flexibility index (Phi) is 3.64. The van der Waals surface area contributed by atoms with Crippen LogP contribution in [0.4, 0.5) is 5.69 Å². The number of carbonyl (C=O) groups excluding carboxylic acids is 1. The Bertz CT molecular complexity index is 631. The van der Waals surface area contributed by atoms with E-state index in [-0.39, 0.29) is 5.91 Å². The van der Waals surface area contributed by atoms with Gasteiger partial charge in [-0.3, -0.25) is 4.79 Å². The van der Waals surface area contributed by atoms with E-state index in [2.05, 4.69) is 23.5 Å². The second-order valence-electron chi connectivity index (χ2n) is 5.02. The van der Waals surface area contributed by atoms with Crippen molar-refractivity contribution in [2.75, 3.05) is 5.32 Å². The minimum absolute atomic E-state index is 0.0555. The summed E-state index contributed by atoms with van der Waals surface area (Å²) < 4.78 is 0. The van der Waals surface area contributed by atoms with Gasteiger partial charge in [0.1, 0.15) is 0 Å². The molecule has 0 heterocycles. The number of para-hydroxylation sites is 1. The van der Waals surface area contributed by atoms with Gasteiger partial charge in [0.15, 0.2) is 0 Å². The van der Waals surface area contributed by atoms with Crippen molar-refractivity contribution in [1.82, 2.24) is 0 Å². The fourth-order valence-electron chi connectivity index (χ4n) is 2.61. The smallest absolute Gasteiger partial charge is 0.255 e. The molecule has 2 aromatic rings. The van der Waals surface area contributed by atoms with Crippen molar-refractivity contribution in [1.29, 1.82) is 0 Å². The van der Waals surface area contributed by atoms with Gasteiger partial charge in [0.05, 0.1) is 0 Å². The number of hydrogen-bond acceptors (Lipinski definition) is 1. The summed E-state index contributed by atoms with van der Waals surface area (Å²) in [4.78, 5) is 12.3. The number of anilines is 1. The van der Waals surface area contributed by atoms with Crippen LogP contribution in [0.1, 0.15) is 34.7 Å². The standard InChI is InChI=1S/C18H17NO/c20-18(15-10-2-1-3-11-15)19-17-13-7-6-12-16(17)14-8-4-5-9-14/h1-4,6-8,10-14H,5,9H2,(H,19,20). The lowest BCUT2D eigenvalue weighted by molar-refractivity contribution is 0.102. The third-order valence-electron chi connectivity index (χ3n) is 3.66. The molecule has 0 aliphatic heterocycles. The molecule has 0 saturated carbocycles. The quantitative estimate of drug-likeness (QED) is 0.818. The molecule has 0 radical (unpaired) electrons. The Balaban J connectivity index is 1.84. The van der Waals surface area contributed by atoms with Crippen molar-refractivity contribution in [2.45, 2.75) is 18.8 Å². The highest BCUT2D eigenvalue weighted by Crippen LogP contribution is 2.33. The highest BCUT2D eigenvalue weighted by Gasteiger charge is 2.16. The number of amides is 1. The molecule has 1 unspecified atom stereocenters. The summed E-state index contributed by atoms with van der Waals surface area (Å²) in [6.45, 7) is 0. The molecular formula is C18H17NO. The zero-order valence-electron chi connectivity index (χ0n) is 11.3. The first kappa shape index (κ1) is 12.7. The summed E-state index contributed by atoms with van der Waals surface area (Å²) in [5, 5.41) is 3.03. The molecule has 0 bridgehead atoms. The van der Waals surface area contributed by atoms with E-state index in [1.54, 1.807) is 0 Å². The van der Waals surface area contributed by atoms with Crippen molar-refractivity contribution in [3.63, 3.8) is 0 Å². The molecule has 2 heteroatoms. The van der Waals surface area contributed by atoms with Gasteiger partial charge in [-0.15, -0.1) is 0 Å². The molecule has 20 heavy (non-hydrogen) atoms. The molecule has 1 N–H and O–H groups in total. The van der Waals surface area contributed by atoms with E-state index in [0.717, 1.165) is 18.5 Å². The molecule has 0 aromatic heterocycles. The van der Waals surface area contributed by atoms with Gasteiger partial charge in [-0.2, -0.15) is 0 Å². The molecule has 2 nitrogen and oxygen atoms in total. The summed E-state index contributed by atoms with van der Waals surface area (Å²) in [6.07, 6.45) is 6.68. The van der Waals surface area contributed by atoms with E-state index in [4.69, 9.17) is 0 Å². The molecule has 1 amide bonds. The van der Waals surface area contributed by atoms with Crippen LogP contribution in [-0.4, -0.2) is 5.91 Å². The highest BCUT2D eigenvalue weighted by atomic mass is 16.1. The van der Waals surface area contributed by atoms with Crippen LogP contribution in [0.2, 0.25) is 0 Å². The average Bonchev–Trinajstić information content (AvgIpc) is 3.03. The molecule has 1 aliphatic rings.